The van der Waals surface area contributed by atoms with Crippen LogP contribution in [0.4, 0.5) is 5.69 Å². The highest BCUT2D eigenvalue weighted by molar-refractivity contribution is 6.01. The minimum Gasteiger partial charge on any atom is -0.497 e. The lowest BCUT2D eigenvalue weighted by Crippen LogP contribution is -2.27. The summed E-state index contributed by atoms with van der Waals surface area (Å²) in [5.74, 6) is 0.882. The van der Waals surface area contributed by atoms with Crippen molar-refractivity contribution >= 4 is 17.6 Å². The first-order valence-corrected chi connectivity index (χ1v) is 9.19. The van der Waals surface area contributed by atoms with E-state index in [1.165, 1.54) is 7.11 Å². The molecule has 0 atom stereocenters. The lowest BCUT2D eigenvalue weighted by atomic mass is 9.95. The van der Waals surface area contributed by atoms with Gasteiger partial charge in [0.15, 0.2) is 0 Å². The second-order valence-electron chi connectivity index (χ2n) is 6.95. The molecular weight excluding hydrogens is 374 g/mol. The Balaban J connectivity index is 1.41. The van der Waals surface area contributed by atoms with Crippen molar-refractivity contribution in [3.8, 4) is 5.75 Å². The molecular formula is C21H21N3O5. The summed E-state index contributed by atoms with van der Waals surface area (Å²) in [6.45, 7) is 0.330. The minimum absolute atomic E-state index is 0.0480. The van der Waals surface area contributed by atoms with Gasteiger partial charge in [-0.1, -0.05) is 12.1 Å². The van der Waals surface area contributed by atoms with Crippen LogP contribution in [0.2, 0.25) is 0 Å². The molecule has 1 aliphatic rings. The quantitative estimate of drug-likeness (QED) is 0.618. The van der Waals surface area contributed by atoms with Crippen LogP contribution in [-0.2, 0) is 21.5 Å². The molecule has 0 bridgehead atoms. The number of benzene rings is 1. The van der Waals surface area contributed by atoms with Crippen LogP contribution in [0.3, 0.4) is 0 Å². The molecule has 4 rings (SSSR count). The molecule has 1 aromatic carbocycles. The summed E-state index contributed by atoms with van der Waals surface area (Å²) in [5.41, 5.74) is 1.09. The second-order valence-corrected chi connectivity index (χ2v) is 6.95. The van der Waals surface area contributed by atoms with E-state index in [2.05, 4.69) is 15.2 Å². The Labute approximate surface area is 167 Å². The van der Waals surface area contributed by atoms with Crippen molar-refractivity contribution in [3.05, 3.63) is 65.9 Å². The fourth-order valence-corrected chi connectivity index (χ4v) is 3.28. The molecule has 0 radical (unpaired) electrons. The molecule has 0 aliphatic heterocycles. The van der Waals surface area contributed by atoms with E-state index in [9.17, 15) is 9.59 Å². The standard InChI is InChI=1S/C21H21N3O5/c1-27-16-5-3-14(4-6-16)21(9-10-21)20(26)23-15-11-22-24(12-15)13-17-7-8-18(29-17)19(25)28-2/h3-8,11-12H,9-10,13H2,1-2H3,(H,23,26). The molecule has 1 amide bonds. The monoisotopic (exact) mass is 395 g/mol. The zero-order valence-electron chi connectivity index (χ0n) is 16.2. The van der Waals surface area contributed by atoms with Gasteiger partial charge in [0, 0.05) is 6.20 Å². The lowest BCUT2D eigenvalue weighted by molar-refractivity contribution is -0.118. The van der Waals surface area contributed by atoms with Gasteiger partial charge in [-0.2, -0.15) is 5.10 Å². The predicted molar refractivity (Wildman–Crippen MR) is 104 cm³/mol. The molecule has 0 saturated heterocycles. The molecule has 1 fully saturated rings. The van der Waals surface area contributed by atoms with E-state index in [0.717, 1.165) is 24.2 Å². The van der Waals surface area contributed by atoms with Crippen molar-refractivity contribution in [2.75, 3.05) is 19.5 Å². The fourth-order valence-electron chi connectivity index (χ4n) is 3.28. The van der Waals surface area contributed by atoms with Gasteiger partial charge in [0.2, 0.25) is 11.7 Å². The summed E-state index contributed by atoms with van der Waals surface area (Å²) in [7, 11) is 2.91. The maximum Gasteiger partial charge on any atom is 0.373 e. The smallest absolute Gasteiger partial charge is 0.373 e. The van der Waals surface area contributed by atoms with Crippen molar-refractivity contribution < 1.29 is 23.5 Å². The summed E-state index contributed by atoms with van der Waals surface area (Å²) in [6, 6.07) is 10.8. The summed E-state index contributed by atoms with van der Waals surface area (Å²) in [6.07, 6.45) is 4.93. The Morgan fingerprint density at radius 1 is 1.17 bits per heavy atom. The normalized spacial score (nSPS) is 14.3. The van der Waals surface area contributed by atoms with E-state index >= 15 is 0 Å². The highest BCUT2D eigenvalue weighted by Crippen LogP contribution is 2.49. The van der Waals surface area contributed by atoms with Crippen molar-refractivity contribution in [3.63, 3.8) is 0 Å². The van der Waals surface area contributed by atoms with Gasteiger partial charge in [-0.3, -0.25) is 9.48 Å². The average molecular weight is 395 g/mol. The van der Waals surface area contributed by atoms with E-state index in [4.69, 9.17) is 9.15 Å². The number of aromatic nitrogens is 2. The van der Waals surface area contributed by atoms with E-state index in [-0.39, 0.29) is 11.7 Å². The van der Waals surface area contributed by atoms with Crippen LogP contribution in [0.25, 0.3) is 0 Å². The van der Waals surface area contributed by atoms with Crippen molar-refractivity contribution in [1.29, 1.82) is 0 Å². The number of methoxy groups -OCH3 is 2. The molecule has 1 aliphatic carbocycles. The van der Waals surface area contributed by atoms with Gasteiger partial charge in [0.05, 0.1) is 38.1 Å². The topological polar surface area (TPSA) is 95.6 Å². The number of furan rings is 1. The molecule has 0 spiro atoms. The molecule has 150 valence electrons. The lowest BCUT2D eigenvalue weighted by Gasteiger charge is -2.15. The first-order chi connectivity index (χ1) is 14.0. The number of carbonyl (C=O) groups excluding carboxylic acids is 2. The van der Waals surface area contributed by atoms with Gasteiger partial charge in [-0.15, -0.1) is 0 Å². The van der Waals surface area contributed by atoms with Gasteiger partial charge in [-0.25, -0.2) is 4.79 Å². The average Bonchev–Trinajstić information content (AvgIpc) is 3.24. The van der Waals surface area contributed by atoms with E-state index in [1.807, 2.05) is 24.3 Å². The Bertz CT molecular complexity index is 1030. The van der Waals surface area contributed by atoms with E-state index in [1.54, 1.807) is 36.3 Å². The van der Waals surface area contributed by atoms with Gasteiger partial charge in [0.1, 0.15) is 11.5 Å². The number of amides is 1. The van der Waals surface area contributed by atoms with Crippen LogP contribution in [0.15, 0.2) is 53.2 Å². The van der Waals surface area contributed by atoms with Crippen LogP contribution >= 0.6 is 0 Å². The summed E-state index contributed by atoms with van der Waals surface area (Å²) in [4.78, 5) is 24.3. The molecule has 3 aromatic rings. The first kappa shape index (κ1) is 18.8. The summed E-state index contributed by atoms with van der Waals surface area (Å²) < 4.78 is 16.9. The third-order valence-corrected chi connectivity index (χ3v) is 5.08. The van der Waals surface area contributed by atoms with Gasteiger partial charge < -0.3 is 19.2 Å². The number of nitrogens with zero attached hydrogens (tertiary/aromatic N) is 2. The predicted octanol–water partition coefficient (Wildman–Crippen LogP) is 2.99. The number of hydrogen-bond acceptors (Lipinski definition) is 6. The number of carbonyl (C=O) groups is 2. The van der Waals surface area contributed by atoms with E-state index in [0.29, 0.717) is 18.0 Å². The third-order valence-electron chi connectivity index (χ3n) is 5.08. The number of rotatable bonds is 7. The van der Waals surface area contributed by atoms with Crippen molar-refractivity contribution in [2.24, 2.45) is 0 Å². The van der Waals surface area contributed by atoms with Crippen LogP contribution in [0, 0.1) is 0 Å². The molecule has 2 aromatic heterocycles. The maximum atomic E-state index is 12.9. The summed E-state index contributed by atoms with van der Waals surface area (Å²) in [5, 5.41) is 7.20. The van der Waals surface area contributed by atoms with Gasteiger partial charge in [0.25, 0.3) is 0 Å². The first-order valence-electron chi connectivity index (χ1n) is 9.19. The highest BCUT2D eigenvalue weighted by Gasteiger charge is 2.51. The van der Waals surface area contributed by atoms with Crippen LogP contribution < -0.4 is 10.1 Å². The Morgan fingerprint density at radius 2 is 1.93 bits per heavy atom. The number of anilines is 1. The fraction of sp³-hybridized carbons (Fsp3) is 0.286. The Kier molecular flexibility index (Phi) is 4.84. The second kappa shape index (κ2) is 7.46. The maximum absolute atomic E-state index is 12.9. The molecule has 1 N–H and O–H groups in total. The number of ether oxygens (including phenoxy) is 2. The zero-order valence-corrected chi connectivity index (χ0v) is 16.2. The van der Waals surface area contributed by atoms with Gasteiger partial charge >= 0.3 is 5.97 Å². The molecule has 0 unspecified atom stereocenters. The molecule has 1 saturated carbocycles. The molecule has 8 nitrogen and oxygen atoms in total. The molecule has 29 heavy (non-hydrogen) atoms. The van der Waals surface area contributed by atoms with Crippen LogP contribution in [-0.4, -0.2) is 35.9 Å². The number of esters is 1. The van der Waals surface area contributed by atoms with Crippen molar-refractivity contribution in [2.45, 2.75) is 24.8 Å². The van der Waals surface area contributed by atoms with Crippen LogP contribution in [0.5, 0.6) is 5.75 Å². The van der Waals surface area contributed by atoms with Gasteiger partial charge in [-0.05, 0) is 42.7 Å². The minimum atomic E-state index is -0.530. The van der Waals surface area contributed by atoms with Crippen molar-refractivity contribution in [1.82, 2.24) is 9.78 Å². The Hall–Kier alpha value is -3.55. The SMILES string of the molecule is COC(=O)c1ccc(Cn2cc(NC(=O)C3(c4ccc(OC)cc4)CC3)cn2)o1. The van der Waals surface area contributed by atoms with Crippen LogP contribution in [0.1, 0.15) is 34.7 Å². The number of hydrogen-bond donors (Lipinski definition) is 1. The molecule has 8 heteroatoms. The largest absolute Gasteiger partial charge is 0.497 e. The Morgan fingerprint density at radius 3 is 2.59 bits per heavy atom. The highest BCUT2D eigenvalue weighted by atomic mass is 16.5. The molecule has 2 heterocycles. The third kappa shape index (κ3) is 3.73. The number of nitrogens with one attached hydrogen (secondary N) is 1. The zero-order chi connectivity index (χ0) is 20.4. The summed E-state index contributed by atoms with van der Waals surface area (Å²) >= 11 is 0. The van der Waals surface area contributed by atoms with E-state index < -0.39 is 11.4 Å².